The van der Waals surface area contributed by atoms with Crippen molar-refractivity contribution in [1.82, 2.24) is 5.32 Å². The summed E-state index contributed by atoms with van der Waals surface area (Å²) in [4.78, 5) is 10.6. The lowest BCUT2D eigenvalue weighted by Gasteiger charge is -2.15. The minimum absolute atomic E-state index is 0.102. The Morgan fingerprint density at radius 2 is 1.80 bits per heavy atom. The zero-order valence-electron chi connectivity index (χ0n) is 10.2. The van der Waals surface area contributed by atoms with Crippen molar-refractivity contribution in [3.63, 3.8) is 0 Å². The van der Waals surface area contributed by atoms with Crippen molar-refractivity contribution in [2.45, 2.75) is 30.5 Å². The molecule has 1 unspecified atom stereocenters. The summed E-state index contributed by atoms with van der Waals surface area (Å²) in [5, 5.41) is 1.80. The van der Waals surface area contributed by atoms with E-state index in [1.54, 1.807) is 5.32 Å². The highest BCUT2D eigenvalue weighted by Crippen LogP contribution is 2.17. The normalized spacial score (nSPS) is 13.8. The summed E-state index contributed by atoms with van der Waals surface area (Å²) < 4.78 is 58.1. The third-order valence-corrected chi connectivity index (χ3v) is 3.75. The van der Waals surface area contributed by atoms with Crippen LogP contribution in [0.4, 0.5) is 13.2 Å². The van der Waals surface area contributed by atoms with E-state index in [-0.39, 0.29) is 11.3 Å². The lowest BCUT2D eigenvalue weighted by atomic mass is 10.1. The Morgan fingerprint density at radius 1 is 1.30 bits per heavy atom. The number of halogens is 4. The third-order valence-electron chi connectivity index (χ3n) is 2.38. The van der Waals surface area contributed by atoms with Crippen LogP contribution in [0.1, 0.15) is 12.5 Å². The van der Waals surface area contributed by atoms with Crippen molar-refractivity contribution in [3.05, 3.63) is 29.8 Å². The Hall–Kier alpha value is -1.28. The molecule has 112 valence electrons. The van der Waals surface area contributed by atoms with Crippen LogP contribution in [-0.2, 0) is 20.3 Å². The summed E-state index contributed by atoms with van der Waals surface area (Å²) in [5.41, 5.74) is 0.573. The number of hydrogen-bond acceptors (Lipinski definition) is 3. The second-order valence-electron chi connectivity index (χ2n) is 4.16. The van der Waals surface area contributed by atoms with Gasteiger partial charge in [0.25, 0.3) is 9.05 Å². The molecule has 0 fully saturated rings. The van der Waals surface area contributed by atoms with Crippen LogP contribution in [0.2, 0.25) is 0 Å². The summed E-state index contributed by atoms with van der Waals surface area (Å²) in [6.45, 7) is 1.41. The molecule has 1 amide bonds. The zero-order valence-corrected chi connectivity index (χ0v) is 11.8. The highest BCUT2D eigenvalue weighted by Gasteiger charge is 2.39. The van der Waals surface area contributed by atoms with Gasteiger partial charge in [-0.3, -0.25) is 4.79 Å². The molecule has 0 saturated heterocycles. The largest absolute Gasteiger partial charge is 0.471 e. The molecule has 20 heavy (non-hydrogen) atoms. The van der Waals surface area contributed by atoms with Crippen molar-refractivity contribution in [3.8, 4) is 0 Å². The van der Waals surface area contributed by atoms with E-state index >= 15 is 0 Å². The monoisotopic (exact) mass is 329 g/mol. The average molecular weight is 330 g/mol. The highest BCUT2D eigenvalue weighted by molar-refractivity contribution is 8.13. The van der Waals surface area contributed by atoms with Gasteiger partial charge in [0.2, 0.25) is 0 Å². The average Bonchev–Trinajstić information content (AvgIpc) is 2.26. The van der Waals surface area contributed by atoms with Crippen LogP contribution in [0.25, 0.3) is 0 Å². The molecule has 0 aliphatic rings. The predicted molar refractivity (Wildman–Crippen MR) is 66.8 cm³/mol. The Kier molecular flexibility index (Phi) is 5.04. The van der Waals surface area contributed by atoms with Gasteiger partial charge in [-0.05, 0) is 31.0 Å². The molecule has 0 aromatic heterocycles. The molecule has 0 heterocycles. The van der Waals surface area contributed by atoms with E-state index in [0.29, 0.717) is 5.56 Å². The molecule has 0 aliphatic carbocycles. The van der Waals surface area contributed by atoms with E-state index in [9.17, 15) is 26.4 Å². The van der Waals surface area contributed by atoms with Crippen molar-refractivity contribution in [2.24, 2.45) is 0 Å². The fourth-order valence-electron chi connectivity index (χ4n) is 1.50. The Balaban J connectivity index is 2.68. The molecule has 1 aromatic rings. The topological polar surface area (TPSA) is 63.2 Å². The first-order chi connectivity index (χ1) is 9.00. The first-order valence-corrected chi connectivity index (χ1v) is 7.72. The van der Waals surface area contributed by atoms with E-state index in [2.05, 4.69) is 0 Å². The third kappa shape index (κ3) is 5.01. The van der Waals surface area contributed by atoms with E-state index in [0.717, 1.165) is 0 Å². The summed E-state index contributed by atoms with van der Waals surface area (Å²) in [7, 11) is 1.29. The van der Waals surface area contributed by atoms with Gasteiger partial charge in [0.1, 0.15) is 0 Å². The number of carbonyl (C=O) groups excluding carboxylic acids is 1. The van der Waals surface area contributed by atoms with E-state index in [1.165, 1.54) is 31.2 Å². The minimum Gasteiger partial charge on any atom is -0.345 e. The van der Waals surface area contributed by atoms with E-state index < -0.39 is 27.2 Å². The Morgan fingerprint density at radius 3 is 2.20 bits per heavy atom. The standard InChI is InChI=1S/C11H11ClF3NO3S/c1-7(16-10(17)11(13,14)15)6-8-2-4-9(5-3-8)20(12,18)19/h2-5,7H,6H2,1H3,(H,16,17). The van der Waals surface area contributed by atoms with Crippen LogP contribution in [0, 0.1) is 0 Å². The van der Waals surface area contributed by atoms with E-state index in [4.69, 9.17) is 10.7 Å². The SMILES string of the molecule is CC(Cc1ccc(S(=O)(=O)Cl)cc1)NC(=O)C(F)(F)F. The molecule has 9 heteroatoms. The number of benzene rings is 1. The van der Waals surface area contributed by atoms with Gasteiger partial charge in [0, 0.05) is 16.7 Å². The van der Waals surface area contributed by atoms with Crippen LogP contribution in [0.3, 0.4) is 0 Å². The number of carbonyl (C=O) groups is 1. The minimum atomic E-state index is -4.93. The quantitative estimate of drug-likeness (QED) is 0.862. The number of amides is 1. The number of rotatable bonds is 4. The number of alkyl halides is 3. The maximum atomic E-state index is 12.0. The van der Waals surface area contributed by atoms with Gasteiger partial charge < -0.3 is 5.32 Å². The second-order valence-corrected chi connectivity index (χ2v) is 6.72. The van der Waals surface area contributed by atoms with Crippen molar-refractivity contribution in [1.29, 1.82) is 0 Å². The lowest BCUT2D eigenvalue weighted by molar-refractivity contribution is -0.174. The summed E-state index contributed by atoms with van der Waals surface area (Å²) >= 11 is 0. The van der Waals surface area contributed by atoms with Gasteiger partial charge in [-0.15, -0.1) is 0 Å². The Labute approximate surface area is 118 Å². The second kappa shape index (κ2) is 6.01. The van der Waals surface area contributed by atoms with Crippen LogP contribution >= 0.6 is 10.7 Å². The van der Waals surface area contributed by atoms with Gasteiger partial charge in [0.05, 0.1) is 4.90 Å². The van der Waals surface area contributed by atoms with Crippen molar-refractivity contribution < 1.29 is 26.4 Å². The molecule has 1 N–H and O–H groups in total. The van der Waals surface area contributed by atoms with E-state index in [1.807, 2.05) is 0 Å². The molecule has 1 aromatic carbocycles. The number of nitrogens with one attached hydrogen (secondary N) is 1. The maximum Gasteiger partial charge on any atom is 0.471 e. The molecule has 0 saturated carbocycles. The molecule has 0 aliphatic heterocycles. The lowest BCUT2D eigenvalue weighted by Crippen LogP contribution is -2.42. The fraction of sp³-hybridized carbons (Fsp3) is 0.364. The van der Waals surface area contributed by atoms with Crippen molar-refractivity contribution >= 4 is 25.6 Å². The highest BCUT2D eigenvalue weighted by atomic mass is 35.7. The molecule has 0 spiro atoms. The first kappa shape index (κ1) is 16.8. The van der Waals surface area contributed by atoms with Crippen LogP contribution in [0.5, 0.6) is 0 Å². The molecule has 1 atom stereocenters. The maximum absolute atomic E-state index is 12.0. The van der Waals surface area contributed by atoms with Gasteiger partial charge in [-0.2, -0.15) is 13.2 Å². The molecule has 0 radical (unpaired) electrons. The molecule has 4 nitrogen and oxygen atoms in total. The fourth-order valence-corrected chi connectivity index (χ4v) is 2.27. The zero-order chi connectivity index (χ0) is 15.6. The first-order valence-electron chi connectivity index (χ1n) is 5.41. The van der Waals surface area contributed by atoms with Gasteiger partial charge in [-0.1, -0.05) is 12.1 Å². The number of hydrogen-bond donors (Lipinski definition) is 1. The summed E-state index contributed by atoms with van der Waals surface area (Å²) in [6, 6.07) is 4.59. The van der Waals surface area contributed by atoms with Crippen LogP contribution in [-0.4, -0.2) is 26.5 Å². The molecular formula is C11H11ClF3NO3S. The van der Waals surface area contributed by atoms with Crippen molar-refractivity contribution in [2.75, 3.05) is 0 Å². The molecule has 1 rings (SSSR count). The van der Waals surface area contributed by atoms with Gasteiger partial charge >= 0.3 is 12.1 Å². The molecular weight excluding hydrogens is 319 g/mol. The van der Waals surface area contributed by atoms with Crippen LogP contribution in [0.15, 0.2) is 29.2 Å². The van der Waals surface area contributed by atoms with Crippen LogP contribution < -0.4 is 5.32 Å². The van der Waals surface area contributed by atoms with Gasteiger partial charge in [0.15, 0.2) is 0 Å². The molecule has 0 bridgehead atoms. The smallest absolute Gasteiger partial charge is 0.345 e. The summed E-state index contributed by atoms with van der Waals surface area (Å²) in [5.74, 6) is -2.01. The Bertz CT molecular complexity index is 584. The summed E-state index contributed by atoms with van der Waals surface area (Å²) in [6.07, 6.45) is -4.80. The predicted octanol–water partition coefficient (Wildman–Crippen LogP) is 2.22. The van der Waals surface area contributed by atoms with Gasteiger partial charge in [-0.25, -0.2) is 8.42 Å².